The molecule has 0 aliphatic carbocycles. The van der Waals surface area contributed by atoms with Crippen LogP contribution in [0, 0.1) is 5.92 Å². The van der Waals surface area contributed by atoms with E-state index in [1.165, 1.54) is 7.11 Å². The van der Waals surface area contributed by atoms with Gasteiger partial charge in [-0.25, -0.2) is 9.97 Å². The third-order valence-electron chi connectivity index (χ3n) is 7.20. The molecule has 39 heavy (non-hydrogen) atoms. The first-order chi connectivity index (χ1) is 18.9. The Labute approximate surface area is 239 Å². The lowest BCUT2D eigenvalue weighted by Crippen LogP contribution is -2.43. The molecule has 2 saturated heterocycles. The van der Waals surface area contributed by atoms with Crippen LogP contribution in [0.25, 0.3) is 11.3 Å². The third kappa shape index (κ3) is 7.60. The molecule has 0 bridgehead atoms. The van der Waals surface area contributed by atoms with E-state index >= 15 is 0 Å². The summed E-state index contributed by atoms with van der Waals surface area (Å²) in [5.74, 6) is 2.28. The number of hydrogen-bond donors (Lipinski definition) is 1. The molecule has 0 radical (unpaired) electrons. The number of nitrogens with zero attached hydrogens (tertiary/aromatic N) is 4. The van der Waals surface area contributed by atoms with E-state index in [4.69, 9.17) is 37.7 Å². The molecule has 1 N–H and O–H groups in total. The molecule has 0 saturated carbocycles. The molecular weight excluding hydrogens is 537 g/mol. The van der Waals surface area contributed by atoms with Gasteiger partial charge in [-0.1, -0.05) is 23.2 Å². The van der Waals surface area contributed by atoms with E-state index in [2.05, 4.69) is 26.2 Å². The Balaban J connectivity index is 1.34. The molecule has 5 rings (SSSR count). The van der Waals surface area contributed by atoms with E-state index in [-0.39, 0.29) is 5.97 Å². The molecule has 0 unspecified atom stereocenters. The van der Waals surface area contributed by atoms with Crippen molar-refractivity contribution in [2.75, 3.05) is 51.3 Å². The molecule has 4 heterocycles. The highest BCUT2D eigenvalue weighted by Gasteiger charge is 2.22. The van der Waals surface area contributed by atoms with Gasteiger partial charge in [0.15, 0.2) is 0 Å². The minimum Gasteiger partial charge on any atom is -0.469 e. The Morgan fingerprint density at radius 1 is 1.03 bits per heavy atom. The number of likely N-dealkylation sites (tertiary alicyclic amines) is 1. The van der Waals surface area contributed by atoms with Gasteiger partial charge in [0.05, 0.1) is 19.0 Å². The summed E-state index contributed by atoms with van der Waals surface area (Å²) in [4.78, 5) is 25.7. The van der Waals surface area contributed by atoms with E-state index in [0.29, 0.717) is 34.0 Å². The van der Waals surface area contributed by atoms with E-state index in [9.17, 15) is 4.79 Å². The average molecular weight is 571 g/mol. The number of ether oxygens (including phenoxy) is 2. The number of piperazine rings is 1. The standard InChI is InChI=1S/C29H33Cl2N5O3/c1-38-29(37)14-20-4-8-35(9-5-20)19-21-12-26(22-15-23(30)17-24(31)16-22)34-28(13-21)39-25-2-3-27(33-18-25)36-10-6-32-7-11-36/h2-3,12-13,15-18,20,32H,4-11,14,19H2,1H3. The summed E-state index contributed by atoms with van der Waals surface area (Å²) in [5.41, 5.74) is 2.63. The summed E-state index contributed by atoms with van der Waals surface area (Å²) in [6.07, 6.45) is 4.16. The van der Waals surface area contributed by atoms with E-state index in [0.717, 1.165) is 81.3 Å². The van der Waals surface area contributed by atoms with Gasteiger partial charge in [0.1, 0.15) is 11.6 Å². The summed E-state index contributed by atoms with van der Waals surface area (Å²) in [7, 11) is 1.45. The second-order valence-electron chi connectivity index (χ2n) is 10.0. The van der Waals surface area contributed by atoms with E-state index < -0.39 is 0 Å². The van der Waals surface area contributed by atoms with Gasteiger partial charge in [0.2, 0.25) is 5.88 Å². The summed E-state index contributed by atoms with van der Waals surface area (Å²) in [6.45, 7) is 6.34. The van der Waals surface area contributed by atoms with Crippen molar-refractivity contribution in [1.82, 2.24) is 20.2 Å². The van der Waals surface area contributed by atoms with Gasteiger partial charge in [0.25, 0.3) is 0 Å². The molecule has 10 heteroatoms. The molecule has 0 spiro atoms. The number of esters is 1. The first kappa shape index (κ1) is 27.6. The van der Waals surface area contributed by atoms with Gasteiger partial charge >= 0.3 is 5.97 Å². The van der Waals surface area contributed by atoms with Crippen molar-refractivity contribution in [3.63, 3.8) is 0 Å². The van der Waals surface area contributed by atoms with E-state index in [1.54, 1.807) is 12.3 Å². The van der Waals surface area contributed by atoms with Crippen molar-refractivity contribution in [3.05, 3.63) is 64.3 Å². The van der Waals surface area contributed by atoms with E-state index in [1.807, 2.05) is 30.3 Å². The van der Waals surface area contributed by atoms with Crippen LogP contribution in [0.5, 0.6) is 11.6 Å². The van der Waals surface area contributed by atoms with Crippen molar-refractivity contribution in [2.24, 2.45) is 5.92 Å². The lowest BCUT2D eigenvalue weighted by atomic mass is 9.93. The SMILES string of the molecule is COC(=O)CC1CCN(Cc2cc(Oc3ccc(N4CCNCC4)nc3)nc(-c3cc(Cl)cc(Cl)c3)c2)CC1. The van der Waals surface area contributed by atoms with Gasteiger partial charge in [-0.2, -0.15) is 0 Å². The molecule has 0 atom stereocenters. The highest BCUT2D eigenvalue weighted by molar-refractivity contribution is 6.35. The Bertz CT molecular complexity index is 1260. The van der Waals surface area contributed by atoms with Crippen LogP contribution in [0.1, 0.15) is 24.8 Å². The molecule has 206 valence electrons. The molecule has 1 aromatic carbocycles. The summed E-state index contributed by atoms with van der Waals surface area (Å²) in [5, 5.41) is 4.46. The number of aromatic nitrogens is 2. The predicted octanol–water partition coefficient (Wildman–Crippen LogP) is 5.43. The molecule has 2 aliphatic rings. The molecule has 2 fully saturated rings. The van der Waals surface area contributed by atoms with Crippen molar-refractivity contribution in [1.29, 1.82) is 0 Å². The highest BCUT2D eigenvalue weighted by atomic mass is 35.5. The first-order valence-electron chi connectivity index (χ1n) is 13.3. The number of halogens is 2. The number of rotatable bonds is 8. The van der Waals surface area contributed by atoms with Crippen molar-refractivity contribution in [3.8, 4) is 22.9 Å². The highest BCUT2D eigenvalue weighted by Crippen LogP contribution is 2.31. The topological polar surface area (TPSA) is 79.8 Å². The molecule has 0 amide bonds. The van der Waals surface area contributed by atoms with Gasteiger partial charge in [-0.15, -0.1) is 0 Å². The maximum Gasteiger partial charge on any atom is 0.305 e. The molecular formula is C29H33Cl2N5O3. The Morgan fingerprint density at radius 2 is 1.77 bits per heavy atom. The van der Waals surface area contributed by atoms with Crippen LogP contribution in [-0.2, 0) is 16.1 Å². The van der Waals surface area contributed by atoms with Crippen LogP contribution >= 0.6 is 23.2 Å². The van der Waals surface area contributed by atoms with Gasteiger partial charge < -0.3 is 19.7 Å². The summed E-state index contributed by atoms with van der Waals surface area (Å²) < 4.78 is 11.1. The number of carbonyl (C=O) groups is 1. The normalized spacial score (nSPS) is 16.7. The second kappa shape index (κ2) is 13.0. The first-order valence-corrected chi connectivity index (χ1v) is 14.1. The number of hydrogen-bond acceptors (Lipinski definition) is 8. The number of methoxy groups -OCH3 is 1. The lowest BCUT2D eigenvalue weighted by Gasteiger charge is -2.31. The van der Waals surface area contributed by atoms with Gasteiger partial charge in [-0.05, 0) is 73.8 Å². The maximum absolute atomic E-state index is 11.7. The predicted molar refractivity (Wildman–Crippen MR) is 154 cm³/mol. The Hall–Kier alpha value is -2.91. The quantitative estimate of drug-likeness (QED) is 0.360. The number of benzene rings is 1. The van der Waals surface area contributed by atoms with Crippen molar-refractivity contribution in [2.45, 2.75) is 25.8 Å². The fourth-order valence-corrected chi connectivity index (χ4v) is 5.64. The van der Waals surface area contributed by atoms with Gasteiger partial charge in [-0.3, -0.25) is 9.69 Å². The summed E-state index contributed by atoms with van der Waals surface area (Å²) in [6, 6.07) is 13.4. The van der Waals surface area contributed by atoms with Crippen LogP contribution in [0.4, 0.5) is 5.82 Å². The minimum atomic E-state index is -0.135. The molecule has 3 aromatic rings. The summed E-state index contributed by atoms with van der Waals surface area (Å²) >= 11 is 12.6. The minimum absolute atomic E-state index is 0.135. The van der Waals surface area contributed by atoms with Crippen molar-refractivity contribution < 1.29 is 14.3 Å². The number of nitrogens with one attached hydrogen (secondary N) is 1. The zero-order valence-electron chi connectivity index (χ0n) is 22.0. The van der Waals surface area contributed by atoms with Gasteiger partial charge in [0, 0.05) is 60.8 Å². The van der Waals surface area contributed by atoms with Crippen LogP contribution in [0.2, 0.25) is 10.0 Å². The largest absolute Gasteiger partial charge is 0.469 e. The fraction of sp³-hybridized carbons (Fsp3) is 0.414. The average Bonchev–Trinajstić information content (AvgIpc) is 2.94. The van der Waals surface area contributed by atoms with Crippen LogP contribution in [0.3, 0.4) is 0 Å². The zero-order valence-corrected chi connectivity index (χ0v) is 23.5. The number of pyridine rings is 2. The van der Waals surface area contributed by atoms with Crippen LogP contribution in [-0.4, -0.2) is 67.2 Å². The Morgan fingerprint density at radius 3 is 2.44 bits per heavy atom. The molecule has 2 aliphatic heterocycles. The molecule has 8 nitrogen and oxygen atoms in total. The smallest absolute Gasteiger partial charge is 0.305 e. The monoisotopic (exact) mass is 569 g/mol. The maximum atomic E-state index is 11.7. The lowest BCUT2D eigenvalue weighted by molar-refractivity contribution is -0.142. The molecule has 2 aromatic heterocycles. The number of piperidine rings is 1. The fourth-order valence-electron chi connectivity index (χ4n) is 5.11. The number of carbonyl (C=O) groups excluding carboxylic acids is 1. The second-order valence-corrected chi connectivity index (χ2v) is 10.9. The third-order valence-corrected chi connectivity index (χ3v) is 7.64. The van der Waals surface area contributed by atoms with Crippen molar-refractivity contribution >= 4 is 35.0 Å². The zero-order chi connectivity index (χ0) is 27.2. The van der Waals surface area contributed by atoms with Crippen LogP contribution in [0.15, 0.2) is 48.7 Å². The van der Waals surface area contributed by atoms with Crippen LogP contribution < -0.4 is 15.0 Å². The Kier molecular flexibility index (Phi) is 9.19. The number of anilines is 1.